The van der Waals surface area contributed by atoms with Crippen LogP contribution < -0.4 is 11.1 Å². The van der Waals surface area contributed by atoms with Gasteiger partial charge in [0.2, 0.25) is 5.91 Å². The van der Waals surface area contributed by atoms with Crippen molar-refractivity contribution in [3.63, 3.8) is 0 Å². The zero-order chi connectivity index (χ0) is 14.4. The van der Waals surface area contributed by atoms with Crippen LogP contribution >= 0.6 is 0 Å². The van der Waals surface area contributed by atoms with Crippen LogP contribution in [0.2, 0.25) is 0 Å². The number of hydrogen-bond acceptors (Lipinski definition) is 3. The van der Waals surface area contributed by atoms with Crippen LogP contribution in [0, 0.1) is 0 Å². The molecule has 5 heteroatoms. The Hall–Kier alpha value is -2.69. The van der Waals surface area contributed by atoms with Gasteiger partial charge in [-0.25, -0.2) is 4.68 Å². The molecule has 1 aromatic heterocycles. The van der Waals surface area contributed by atoms with Crippen molar-refractivity contribution >= 4 is 27.5 Å². The van der Waals surface area contributed by atoms with Crippen LogP contribution in [0.15, 0.2) is 46.0 Å². The lowest BCUT2D eigenvalue weighted by Crippen LogP contribution is -2.39. The molecule has 0 saturated carbocycles. The largest absolute Gasteiger partial charge is 0.280 e. The number of nitrogens with zero attached hydrogens (tertiary/aromatic N) is 2. The van der Waals surface area contributed by atoms with Gasteiger partial charge in [-0.05, 0) is 22.9 Å². The molecule has 2 aromatic carbocycles. The van der Waals surface area contributed by atoms with Crippen molar-refractivity contribution in [3.05, 3.63) is 57.1 Å². The minimum absolute atomic E-state index is 0.266. The Balaban J connectivity index is 2.63. The van der Waals surface area contributed by atoms with Gasteiger partial charge in [0.1, 0.15) is 0 Å². The lowest BCUT2D eigenvalue weighted by molar-refractivity contribution is 0.0898. The molecule has 0 aliphatic carbocycles. The molecule has 0 spiro atoms. The highest BCUT2D eigenvalue weighted by Crippen LogP contribution is 2.18. The first-order valence-corrected chi connectivity index (χ1v) is 6.16. The summed E-state index contributed by atoms with van der Waals surface area (Å²) in [7, 11) is 1.42. The van der Waals surface area contributed by atoms with E-state index in [9.17, 15) is 14.4 Å². The Morgan fingerprint density at radius 1 is 0.950 bits per heavy atom. The molecule has 5 nitrogen and oxygen atoms in total. The Bertz CT molecular complexity index is 980. The second kappa shape index (κ2) is 4.16. The minimum Gasteiger partial charge on any atom is -0.273 e. The van der Waals surface area contributed by atoms with Crippen molar-refractivity contribution in [1.82, 2.24) is 9.36 Å². The maximum atomic E-state index is 12.4. The summed E-state index contributed by atoms with van der Waals surface area (Å²) in [6.07, 6.45) is 0. The second-order valence-electron chi connectivity index (χ2n) is 4.71. The first-order valence-electron chi connectivity index (χ1n) is 6.16. The number of fused-ring (bicyclic) bond motifs is 2. The zero-order valence-electron chi connectivity index (χ0n) is 11.1. The average Bonchev–Trinajstić information content (AvgIpc) is 2.43. The Kier molecular flexibility index (Phi) is 2.57. The van der Waals surface area contributed by atoms with E-state index in [-0.39, 0.29) is 10.9 Å². The van der Waals surface area contributed by atoms with Gasteiger partial charge in [0.15, 0.2) is 0 Å². The predicted octanol–water partition coefficient (Wildman–Crippen LogP) is 1.51. The first-order chi connectivity index (χ1) is 9.50. The van der Waals surface area contributed by atoms with Gasteiger partial charge in [-0.2, -0.15) is 4.68 Å². The zero-order valence-corrected chi connectivity index (χ0v) is 11.1. The highest BCUT2D eigenvalue weighted by Gasteiger charge is 2.14. The van der Waals surface area contributed by atoms with Gasteiger partial charge >= 0.3 is 0 Å². The summed E-state index contributed by atoms with van der Waals surface area (Å²) in [5.41, 5.74) is -0.832. The molecule has 0 aliphatic rings. The van der Waals surface area contributed by atoms with E-state index in [1.807, 2.05) is 24.3 Å². The number of benzene rings is 2. The van der Waals surface area contributed by atoms with Crippen molar-refractivity contribution in [2.24, 2.45) is 7.05 Å². The molecule has 0 aliphatic heterocycles. The molecule has 3 rings (SSSR count). The molecular weight excluding hydrogens is 256 g/mol. The monoisotopic (exact) mass is 268 g/mol. The molecule has 0 bridgehead atoms. The van der Waals surface area contributed by atoms with E-state index in [1.165, 1.54) is 14.0 Å². The van der Waals surface area contributed by atoms with E-state index >= 15 is 0 Å². The summed E-state index contributed by atoms with van der Waals surface area (Å²) in [6.45, 7) is 1.26. The van der Waals surface area contributed by atoms with E-state index in [2.05, 4.69) is 0 Å². The van der Waals surface area contributed by atoms with E-state index in [1.54, 1.807) is 12.1 Å². The third kappa shape index (κ3) is 1.60. The minimum atomic E-state index is -0.482. The number of hydrogen-bond donors (Lipinski definition) is 0. The molecule has 0 N–H and O–H groups in total. The maximum absolute atomic E-state index is 12.4. The van der Waals surface area contributed by atoms with Crippen LogP contribution in [-0.4, -0.2) is 15.3 Å². The van der Waals surface area contributed by atoms with Crippen molar-refractivity contribution in [2.45, 2.75) is 6.92 Å². The quantitative estimate of drug-likeness (QED) is 0.581. The Morgan fingerprint density at radius 2 is 1.45 bits per heavy atom. The second-order valence-corrected chi connectivity index (χ2v) is 4.71. The summed E-state index contributed by atoms with van der Waals surface area (Å²) >= 11 is 0. The van der Waals surface area contributed by atoms with E-state index < -0.39 is 11.5 Å². The van der Waals surface area contributed by atoms with Crippen LogP contribution in [0.1, 0.15) is 11.7 Å². The van der Waals surface area contributed by atoms with Gasteiger partial charge < -0.3 is 0 Å². The van der Waals surface area contributed by atoms with Crippen LogP contribution in [0.5, 0.6) is 0 Å². The highest BCUT2D eigenvalue weighted by atomic mass is 16.2. The molecule has 0 atom stereocenters. The van der Waals surface area contributed by atoms with Gasteiger partial charge in [0, 0.05) is 14.0 Å². The maximum Gasteiger partial charge on any atom is 0.280 e. The number of aromatic nitrogens is 2. The summed E-state index contributed by atoms with van der Waals surface area (Å²) in [4.78, 5) is 36.2. The number of rotatable bonds is 0. The van der Waals surface area contributed by atoms with Crippen molar-refractivity contribution in [3.8, 4) is 0 Å². The van der Waals surface area contributed by atoms with Gasteiger partial charge in [0.05, 0.1) is 10.8 Å². The smallest absolute Gasteiger partial charge is 0.273 e. The molecule has 3 aromatic rings. The van der Waals surface area contributed by atoms with Gasteiger partial charge in [-0.15, -0.1) is 0 Å². The molecule has 0 unspecified atom stereocenters. The standard InChI is InChI=1S/C15H12N2O3/c1-9(18)17-15(20)13-8-11-6-4-3-5-10(11)7-12(13)14(19)16(17)2/h3-8H,1-2H3. The SMILES string of the molecule is CC(=O)n1c(=O)c2cc3ccccc3cc2c(=O)n1C. The first kappa shape index (κ1) is 12.3. The van der Waals surface area contributed by atoms with Crippen molar-refractivity contribution < 1.29 is 4.79 Å². The van der Waals surface area contributed by atoms with Gasteiger partial charge in [0.25, 0.3) is 11.1 Å². The normalized spacial score (nSPS) is 11.1. The summed E-state index contributed by atoms with van der Waals surface area (Å²) < 4.78 is 1.92. The van der Waals surface area contributed by atoms with Crippen LogP contribution in [0.3, 0.4) is 0 Å². The third-order valence-electron chi connectivity index (χ3n) is 3.43. The molecule has 0 saturated heterocycles. The predicted molar refractivity (Wildman–Crippen MR) is 77.3 cm³/mol. The molecule has 0 amide bonds. The molecule has 100 valence electrons. The molecule has 20 heavy (non-hydrogen) atoms. The molecule has 0 fully saturated rings. The summed E-state index contributed by atoms with van der Waals surface area (Å²) in [6, 6.07) is 10.8. The molecule has 0 radical (unpaired) electrons. The van der Waals surface area contributed by atoms with E-state index in [0.717, 1.165) is 20.1 Å². The summed E-state index contributed by atoms with van der Waals surface area (Å²) in [5, 5.41) is 2.34. The topological polar surface area (TPSA) is 61.1 Å². The van der Waals surface area contributed by atoms with Crippen LogP contribution in [0.4, 0.5) is 0 Å². The number of carbonyl (C=O) groups is 1. The summed E-state index contributed by atoms with van der Waals surface area (Å²) in [5.74, 6) is -0.482. The fraction of sp³-hybridized carbons (Fsp3) is 0.133. The molecular formula is C15H12N2O3. The lowest BCUT2D eigenvalue weighted by atomic mass is 10.1. The Morgan fingerprint density at radius 3 is 1.95 bits per heavy atom. The number of carbonyl (C=O) groups excluding carboxylic acids is 1. The highest BCUT2D eigenvalue weighted by molar-refractivity contribution is 5.97. The van der Waals surface area contributed by atoms with E-state index in [0.29, 0.717) is 5.39 Å². The third-order valence-corrected chi connectivity index (χ3v) is 3.43. The fourth-order valence-electron chi connectivity index (χ4n) is 2.46. The Labute approximate surface area is 113 Å². The fourth-order valence-corrected chi connectivity index (χ4v) is 2.46. The van der Waals surface area contributed by atoms with Crippen LogP contribution in [0.25, 0.3) is 21.5 Å². The van der Waals surface area contributed by atoms with Crippen LogP contribution in [-0.2, 0) is 7.05 Å². The lowest BCUT2D eigenvalue weighted by Gasteiger charge is -2.10. The average molecular weight is 268 g/mol. The van der Waals surface area contributed by atoms with Crippen molar-refractivity contribution in [2.75, 3.05) is 0 Å². The van der Waals surface area contributed by atoms with Crippen molar-refractivity contribution in [1.29, 1.82) is 0 Å². The van der Waals surface area contributed by atoms with Gasteiger partial charge in [-0.1, -0.05) is 24.3 Å². The van der Waals surface area contributed by atoms with Gasteiger partial charge in [-0.3, -0.25) is 14.4 Å². The molecule has 1 heterocycles. The van der Waals surface area contributed by atoms with E-state index in [4.69, 9.17) is 0 Å².